The smallest absolute Gasteiger partial charge is 0.303 e. The molecule has 4 heteroatoms. The summed E-state index contributed by atoms with van der Waals surface area (Å²) in [5.41, 5.74) is 0. The molecule has 0 unspecified atom stereocenters. The fourth-order valence-electron chi connectivity index (χ4n) is 3.75. The van der Waals surface area contributed by atoms with Crippen LogP contribution in [-0.2, 0) is 14.4 Å². The van der Waals surface area contributed by atoms with Crippen LogP contribution in [0.1, 0.15) is 96.8 Å². The average Bonchev–Trinajstić information content (AvgIpc) is 2.80. The van der Waals surface area contributed by atoms with Gasteiger partial charge in [-0.15, -0.1) is 0 Å². The molecule has 0 aromatic heterocycles. The van der Waals surface area contributed by atoms with Gasteiger partial charge in [-0.2, -0.15) is 0 Å². The van der Waals surface area contributed by atoms with Gasteiger partial charge in [0, 0.05) is 18.3 Å². The summed E-state index contributed by atoms with van der Waals surface area (Å²) in [5.74, 6) is -0.549. The standard InChI is InChI=1S/C20H34O4/c1-2-3-4-5-6-9-12-16-17(19(22)15-18(16)21)13-10-7-8-11-14-20(23)24/h16-17H,2-15H2,1H3,(H,23,24)/t16-,17-/m1/s1. The maximum atomic E-state index is 12.1. The van der Waals surface area contributed by atoms with Crippen molar-refractivity contribution in [2.75, 3.05) is 0 Å². The minimum absolute atomic E-state index is 0.0392. The van der Waals surface area contributed by atoms with Gasteiger partial charge in [0.25, 0.3) is 0 Å². The Kier molecular flexibility index (Phi) is 10.6. The van der Waals surface area contributed by atoms with Crippen LogP contribution in [0.25, 0.3) is 0 Å². The topological polar surface area (TPSA) is 71.4 Å². The molecule has 0 aromatic rings. The summed E-state index contributed by atoms with van der Waals surface area (Å²) in [6, 6.07) is 0. The molecule has 0 bridgehead atoms. The van der Waals surface area contributed by atoms with E-state index in [2.05, 4.69) is 6.92 Å². The molecule has 1 saturated carbocycles. The number of aliphatic carboxylic acids is 1. The zero-order chi connectivity index (χ0) is 17.8. The summed E-state index contributed by atoms with van der Waals surface area (Å²) in [7, 11) is 0. The molecule has 0 saturated heterocycles. The molecule has 0 spiro atoms. The molecule has 0 radical (unpaired) electrons. The summed E-state index contributed by atoms with van der Waals surface area (Å²) in [6.45, 7) is 2.20. The SMILES string of the molecule is CCCCCCCC[C@H]1C(=O)CC(=O)[C@@H]1CCCCCCC(=O)O. The predicted molar refractivity (Wildman–Crippen MR) is 94.9 cm³/mol. The normalized spacial score (nSPS) is 20.7. The number of carbonyl (C=O) groups is 3. The van der Waals surface area contributed by atoms with Gasteiger partial charge in [0.2, 0.25) is 0 Å². The Balaban J connectivity index is 2.23. The lowest BCUT2D eigenvalue weighted by Gasteiger charge is -2.17. The van der Waals surface area contributed by atoms with Gasteiger partial charge in [-0.1, -0.05) is 64.7 Å². The first kappa shape index (κ1) is 20.9. The van der Waals surface area contributed by atoms with Crippen LogP contribution < -0.4 is 0 Å². The van der Waals surface area contributed by atoms with Crippen LogP contribution in [-0.4, -0.2) is 22.6 Å². The van der Waals surface area contributed by atoms with E-state index < -0.39 is 5.97 Å². The van der Waals surface area contributed by atoms with E-state index in [1.807, 2.05) is 0 Å². The first-order valence-electron chi connectivity index (χ1n) is 9.83. The third-order valence-electron chi connectivity index (χ3n) is 5.19. The van der Waals surface area contributed by atoms with Gasteiger partial charge in [0.1, 0.15) is 11.6 Å². The predicted octanol–water partition coefficient (Wildman–Crippen LogP) is 4.94. The second-order valence-corrected chi connectivity index (χ2v) is 7.23. The Hall–Kier alpha value is -1.19. The highest BCUT2D eigenvalue weighted by Crippen LogP contribution is 2.34. The van der Waals surface area contributed by atoms with Gasteiger partial charge < -0.3 is 5.11 Å². The van der Waals surface area contributed by atoms with Crippen molar-refractivity contribution in [2.24, 2.45) is 11.8 Å². The number of carbonyl (C=O) groups excluding carboxylic acids is 2. The fraction of sp³-hybridized carbons (Fsp3) is 0.850. The third-order valence-corrected chi connectivity index (χ3v) is 5.19. The first-order valence-corrected chi connectivity index (χ1v) is 9.83. The molecular formula is C20H34O4. The number of ketones is 2. The number of unbranched alkanes of at least 4 members (excludes halogenated alkanes) is 8. The van der Waals surface area contributed by atoms with Crippen LogP contribution in [0.5, 0.6) is 0 Å². The van der Waals surface area contributed by atoms with E-state index in [4.69, 9.17) is 5.11 Å². The Bertz CT molecular complexity index is 402. The zero-order valence-electron chi connectivity index (χ0n) is 15.2. The molecule has 0 aliphatic heterocycles. The Morgan fingerprint density at radius 1 is 0.833 bits per heavy atom. The lowest BCUT2D eigenvalue weighted by atomic mass is 9.86. The van der Waals surface area contributed by atoms with E-state index in [1.54, 1.807) is 0 Å². The summed E-state index contributed by atoms with van der Waals surface area (Å²) in [5, 5.41) is 8.61. The van der Waals surface area contributed by atoms with Gasteiger partial charge in [-0.25, -0.2) is 0 Å². The molecule has 2 atom stereocenters. The molecular weight excluding hydrogens is 304 g/mol. The Morgan fingerprint density at radius 2 is 1.29 bits per heavy atom. The summed E-state index contributed by atoms with van der Waals surface area (Å²) in [4.78, 5) is 34.6. The van der Waals surface area contributed by atoms with Crippen LogP contribution in [0.15, 0.2) is 0 Å². The number of hydrogen-bond donors (Lipinski definition) is 1. The van der Waals surface area contributed by atoms with E-state index in [1.165, 1.54) is 32.1 Å². The molecule has 1 aliphatic rings. The van der Waals surface area contributed by atoms with Crippen molar-refractivity contribution >= 4 is 17.5 Å². The molecule has 138 valence electrons. The Labute approximate surface area is 146 Å². The van der Waals surface area contributed by atoms with Crippen LogP contribution in [0.2, 0.25) is 0 Å². The van der Waals surface area contributed by atoms with Crippen molar-refractivity contribution in [1.82, 2.24) is 0 Å². The van der Waals surface area contributed by atoms with Gasteiger partial charge in [-0.05, 0) is 19.3 Å². The van der Waals surface area contributed by atoms with Crippen molar-refractivity contribution in [2.45, 2.75) is 96.8 Å². The first-order chi connectivity index (χ1) is 11.6. The summed E-state index contributed by atoms with van der Waals surface area (Å²) in [6.07, 6.45) is 12.8. The Morgan fingerprint density at radius 3 is 1.79 bits per heavy atom. The van der Waals surface area contributed by atoms with E-state index in [9.17, 15) is 14.4 Å². The third kappa shape index (κ3) is 8.07. The van der Waals surface area contributed by atoms with Gasteiger partial charge in [-0.3, -0.25) is 14.4 Å². The quantitative estimate of drug-likeness (QED) is 0.360. The van der Waals surface area contributed by atoms with E-state index >= 15 is 0 Å². The molecule has 0 aromatic carbocycles. The molecule has 24 heavy (non-hydrogen) atoms. The lowest BCUT2D eigenvalue weighted by Crippen LogP contribution is -2.18. The van der Waals surface area contributed by atoms with Crippen molar-refractivity contribution < 1.29 is 19.5 Å². The molecule has 4 nitrogen and oxygen atoms in total. The molecule has 0 amide bonds. The van der Waals surface area contributed by atoms with Crippen molar-refractivity contribution in [3.63, 3.8) is 0 Å². The van der Waals surface area contributed by atoms with Crippen molar-refractivity contribution in [3.05, 3.63) is 0 Å². The fourth-order valence-corrected chi connectivity index (χ4v) is 3.75. The molecule has 1 aliphatic carbocycles. The van der Waals surface area contributed by atoms with Crippen LogP contribution in [0.3, 0.4) is 0 Å². The molecule has 1 rings (SSSR count). The average molecular weight is 338 g/mol. The highest BCUT2D eigenvalue weighted by Gasteiger charge is 2.39. The highest BCUT2D eigenvalue weighted by molar-refractivity contribution is 6.08. The van der Waals surface area contributed by atoms with Crippen molar-refractivity contribution in [3.8, 4) is 0 Å². The number of Topliss-reactive ketones (excluding diaryl/α,β-unsaturated/α-hetero) is 2. The van der Waals surface area contributed by atoms with E-state index in [-0.39, 0.29) is 36.2 Å². The van der Waals surface area contributed by atoms with Crippen molar-refractivity contribution in [1.29, 1.82) is 0 Å². The molecule has 1 fully saturated rings. The highest BCUT2D eigenvalue weighted by atomic mass is 16.4. The maximum Gasteiger partial charge on any atom is 0.303 e. The van der Waals surface area contributed by atoms with E-state index in [0.29, 0.717) is 6.42 Å². The number of carboxylic acid groups (broad SMARTS) is 1. The van der Waals surface area contributed by atoms with Gasteiger partial charge in [0.15, 0.2) is 0 Å². The van der Waals surface area contributed by atoms with Gasteiger partial charge >= 0.3 is 5.97 Å². The lowest BCUT2D eigenvalue weighted by molar-refractivity contribution is -0.137. The van der Waals surface area contributed by atoms with Crippen LogP contribution >= 0.6 is 0 Å². The van der Waals surface area contributed by atoms with Gasteiger partial charge in [0.05, 0.1) is 6.42 Å². The van der Waals surface area contributed by atoms with Crippen LogP contribution in [0.4, 0.5) is 0 Å². The molecule has 1 N–H and O–H groups in total. The second-order valence-electron chi connectivity index (χ2n) is 7.23. The number of rotatable bonds is 14. The second kappa shape index (κ2) is 12.2. The summed E-state index contributed by atoms with van der Waals surface area (Å²) < 4.78 is 0. The number of carboxylic acids is 1. The minimum Gasteiger partial charge on any atom is -0.481 e. The largest absolute Gasteiger partial charge is 0.481 e. The van der Waals surface area contributed by atoms with E-state index in [0.717, 1.165) is 38.5 Å². The summed E-state index contributed by atoms with van der Waals surface area (Å²) >= 11 is 0. The number of hydrogen-bond acceptors (Lipinski definition) is 3. The van der Waals surface area contributed by atoms with Crippen LogP contribution in [0, 0.1) is 11.8 Å². The zero-order valence-corrected chi connectivity index (χ0v) is 15.2. The molecule has 0 heterocycles. The monoisotopic (exact) mass is 338 g/mol. The maximum absolute atomic E-state index is 12.1. The minimum atomic E-state index is -0.745.